The first-order chi connectivity index (χ1) is 10.1. The minimum Gasteiger partial charge on any atom is -0.384 e. The first-order valence-corrected chi connectivity index (χ1v) is 6.80. The molecular formula is C16H18FN3O. The number of nitrogens with one attached hydrogen (secondary N) is 1. The molecule has 0 aliphatic rings. The van der Waals surface area contributed by atoms with Crippen LogP contribution in [0.15, 0.2) is 42.6 Å². The average Bonchev–Trinajstić information content (AvgIpc) is 2.50. The van der Waals surface area contributed by atoms with Crippen LogP contribution in [-0.2, 0) is 6.54 Å². The van der Waals surface area contributed by atoms with E-state index < -0.39 is 0 Å². The number of benzene rings is 1. The Morgan fingerprint density at radius 3 is 2.67 bits per heavy atom. The number of hydrogen-bond donors (Lipinski definition) is 1. The minimum atomic E-state index is -0.312. The van der Waals surface area contributed by atoms with E-state index in [1.54, 1.807) is 43.6 Å². The molecule has 110 valence electrons. The number of hydrogen-bond acceptors (Lipinski definition) is 3. The maximum Gasteiger partial charge on any atom is 0.272 e. The monoisotopic (exact) mass is 287 g/mol. The van der Waals surface area contributed by atoms with Crippen LogP contribution in [0.25, 0.3) is 0 Å². The lowest BCUT2D eigenvalue weighted by molar-refractivity contribution is 0.0778. The van der Waals surface area contributed by atoms with Crippen molar-refractivity contribution < 1.29 is 9.18 Å². The van der Waals surface area contributed by atoms with Crippen molar-refractivity contribution >= 4 is 11.6 Å². The zero-order chi connectivity index (χ0) is 15.2. The standard InChI is InChI=1S/C16H18FN3O/c1-3-18-13-8-9-15(19-10-13)16(21)20(2)11-12-6-4-5-7-14(12)17/h4-10,18H,3,11H2,1-2H3. The molecule has 1 amide bonds. The molecule has 21 heavy (non-hydrogen) atoms. The van der Waals surface area contributed by atoms with Crippen molar-refractivity contribution in [3.8, 4) is 0 Å². The topological polar surface area (TPSA) is 45.2 Å². The van der Waals surface area contributed by atoms with Crippen LogP contribution in [0.5, 0.6) is 0 Å². The summed E-state index contributed by atoms with van der Waals surface area (Å²) in [5.74, 6) is -0.547. The average molecular weight is 287 g/mol. The Labute approximate surface area is 123 Å². The van der Waals surface area contributed by atoms with Crippen LogP contribution in [0.1, 0.15) is 23.0 Å². The van der Waals surface area contributed by atoms with E-state index in [-0.39, 0.29) is 18.3 Å². The Morgan fingerprint density at radius 1 is 1.29 bits per heavy atom. The third-order valence-corrected chi connectivity index (χ3v) is 3.08. The Hall–Kier alpha value is -2.43. The number of nitrogens with zero attached hydrogens (tertiary/aromatic N) is 2. The van der Waals surface area contributed by atoms with Crippen LogP contribution in [0.4, 0.5) is 10.1 Å². The highest BCUT2D eigenvalue weighted by Gasteiger charge is 2.14. The molecule has 0 fully saturated rings. The molecule has 0 aliphatic heterocycles. The predicted octanol–water partition coefficient (Wildman–Crippen LogP) is 2.92. The molecule has 0 spiro atoms. The van der Waals surface area contributed by atoms with E-state index in [9.17, 15) is 9.18 Å². The lowest BCUT2D eigenvalue weighted by Gasteiger charge is -2.17. The predicted molar refractivity (Wildman–Crippen MR) is 80.6 cm³/mol. The van der Waals surface area contributed by atoms with Crippen LogP contribution in [0.2, 0.25) is 0 Å². The maximum atomic E-state index is 13.6. The van der Waals surface area contributed by atoms with Gasteiger partial charge in [0.05, 0.1) is 11.9 Å². The molecular weight excluding hydrogens is 269 g/mol. The quantitative estimate of drug-likeness (QED) is 0.919. The van der Waals surface area contributed by atoms with Crippen molar-refractivity contribution in [1.29, 1.82) is 0 Å². The Kier molecular flexibility index (Phi) is 4.87. The molecule has 0 atom stereocenters. The van der Waals surface area contributed by atoms with Crippen LogP contribution in [-0.4, -0.2) is 29.4 Å². The summed E-state index contributed by atoms with van der Waals surface area (Å²) >= 11 is 0. The van der Waals surface area contributed by atoms with Gasteiger partial charge in [-0.15, -0.1) is 0 Å². The molecule has 1 aromatic carbocycles. The van der Waals surface area contributed by atoms with Crippen molar-refractivity contribution in [2.75, 3.05) is 18.9 Å². The fourth-order valence-corrected chi connectivity index (χ4v) is 1.98. The van der Waals surface area contributed by atoms with Gasteiger partial charge in [-0.2, -0.15) is 0 Å². The molecule has 0 saturated carbocycles. The van der Waals surface area contributed by atoms with Gasteiger partial charge in [-0.25, -0.2) is 9.37 Å². The number of carbonyl (C=O) groups is 1. The van der Waals surface area contributed by atoms with Crippen LogP contribution >= 0.6 is 0 Å². The molecule has 1 heterocycles. The van der Waals surface area contributed by atoms with E-state index in [0.29, 0.717) is 11.3 Å². The summed E-state index contributed by atoms with van der Waals surface area (Å²) in [5, 5.41) is 3.11. The number of halogens is 1. The minimum absolute atomic E-state index is 0.210. The van der Waals surface area contributed by atoms with Gasteiger partial charge in [0.1, 0.15) is 11.5 Å². The molecule has 1 aromatic heterocycles. The van der Waals surface area contributed by atoms with Crippen molar-refractivity contribution in [2.24, 2.45) is 0 Å². The van der Waals surface area contributed by atoms with Gasteiger partial charge < -0.3 is 10.2 Å². The van der Waals surface area contributed by atoms with Crippen molar-refractivity contribution in [3.05, 3.63) is 59.7 Å². The fourth-order valence-electron chi connectivity index (χ4n) is 1.98. The Morgan fingerprint density at radius 2 is 2.05 bits per heavy atom. The second kappa shape index (κ2) is 6.83. The van der Waals surface area contributed by atoms with Gasteiger partial charge >= 0.3 is 0 Å². The van der Waals surface area contributed by atoms with Gasteiger partial charge in [0, 0.05) is 25.7 Å². The second-order valence-electron chi connectivity index (χ2n) is 4.72. The van der Waals surface area contributed by atoms with Crippen molar-refractivity contribution in [2.45, 2.75) is 13.5 Å². The van der Waals surface area contributed by atoms with Gasteiger partial charge in [0.15, 0.2) is 0 Å². The lowest BCUT2D eigenvalue weighted by Crippen LogP contribution is -2.27. The fraction of sp³-hybridized carbons (Fsp3) is 0.250. The van der Waals surface area contributed by atoms with Crippen LogP contribution in [0, 0.1) is 5.82 Å². The van der Waals surface area contributed by atoms with Gasteiger partial charge in [0.2, 0.25) is 0 Å². The molecule has 0 unspecified atom stereocenters. The van der Waals surface area contributed by atoms with Crippen molar-refractivity contribution in [3.63, 3.8) is 0 Å². The van der Waals surface area contributed by atoms with Crippen LogP contribution in [0.3, 0.4) is 0 Å². The van der Waals surface area contributed by atoms with Gasteiger partial charge in [-0.1, -0.05) is 18.2 Å². The number of carbonyl (C=O) groups excluding carboxylic acids is 1. The number of pyridine rings is 1. The van der Waals surface area contributed by atoms with E-state index in [1.165, 1.54) is 11.0 Å². The number of anilines is 1. The summed E-state index contributed by atoms with van der Waals surface area (Å²) < 4.78 is 13.6. The molecule has 0 radical (unpaired) electrons. The molecule has 0 saturated heterocycles. The highest BCUT2D eigenvalue weighted by Crippen LogP contribution is 2.12. The zero-order valence-electron chi connectivity index (χ0n) is 12.1. The summed E-state index contributed by atoms with van der Waals surface area (Å²) in [5.41, 5.74) is 1.69. The zero-order valence-corrected chi connectivity index (χ0v) is 12.1. The van der Waals surface area contributed by atoms with E-state index in [4.69, 9.17) is 0 Å². The van der Waals surface area contributed by atoms with Crippen molar-refractivity contribution in [1.82, 2.24) is 9.88 Å². The summed E-state index contributed by atoms with van der Waals surface area (Å²) in [4.78, 5) is 17.8. The molecule has 0 bridgehead atoms. The van der Waals surface area contributed by atoms with E-state index in [0.717, 1.165) is 12.2 Å². The summed E-state index contributed by atoms with van der Waals surface area (Å²) in [6.45, 7) is 2.99. The van der Waals surface area contributed by atoms with E-state index >= 15 is 0 Å². The van der Waals surface area contributed by atoms with E-state index in [2.05, 4.69) is 10.3 Å². The summed E-state index contributed by atoms with van der Waals surface area (Å²) in [6, 6.07) is 9.90. The van der Waals surface area contributed by atoms with Gasteiger partial charge in [-0.05, 0) is 25.1 Å². The smallest absolute Gasteiger partial charge is 0.272 e. The SMILES string of the molecule is CCNc1ccc(C(=O)N(C)Cc2ccccc2F)nc1. The second-order valence-corrected chi connectivity index (χ2v) is 4.72. The normalized spacial score (nSPS) is 10.2. The number of aromatic nitrogens is 1. The molecule has 1 N–H and O–H groups in total. The highest BCUT2D eigenvalue weighted by atomic mass is 19.1. The van der Waals surface area contributed by atoms with Gasteiger partial charge in [-0.3, -0.25) is 4.79 Å². The van der Waals surface area contributed by atoms with Gasteiger partial charge in [0.25, 0.3) is 5.91 Å². The summed E-state index contributed by atoms with van der Waals surface area (Å²) in [7, 11) is 1.63. The first kappa shape index (κ1) is 15.0. The Bertz CT molecular complexity index is 613. The number of amides is 1. The highest BCUT2D eigenvalue weighted by molar-refractivity contribution is 5.92. The summed E-state index contributed by atoms with van der Waals surface area (Å²) in [6.07, 6.45) is 1.62. The molecule has 5 heteroatoms. The lowest BCUT2D eigenvalue weighted by atomic mass is 10.2. The van der Waals surface area contributed by atoms with Crippen LogP contribution < -0.4 is 5.32 Å². The number of rotatable bonds is 5. The molecule has 2 aromatic rings. The molecule has 2 rings (SSSR count). The third kappa shape index (κ3) is 3.78. The molecule has 4 nitrogen and oxygen atoms in total. The first-order valence-electron chi connectivity index (χ1n) is 6.80. The third-order valence-electron chi connectivity index (χ3n) is 3.08. The molecule has 0 aliphatic carbocycles. The van der Waals surface area contributed by atoms with E-state index in [1.807, 2.05) is 6.92 Å². The Balaban J connectivity index is 2.07. The maximum absolute atomic E-state index is 13.6. The largest absolute Gasteiger partial charge is 0.384 e.